The van der Waals surface area contributed by atoms with Gasteiger partial charge in [-0.3, -0.25) is 14.6 Å². The number of hydrogen-bond acceptors (Lipinski definition) is 6. The molecule has 1 aliphatic rings. The molecule has 0 radical (unpaired) electrons. The first-order valence-corrected chi connectivity index (χ1v) is 9.74. The number of likely N-dealkylation sites (tertiary alicyclic amines) is 1. The number of thiazole rings is 1. The third kappa shape index (κ3) is 4.46. The molecule has 1 fully saturated rings. The maximum atomic E-state index is 12.4. The lowest BCUT2D eigenvalue weighted by atomic mass is 9.97. The van der Waals surface area contributed by atoms with Crippen molar-refractivity contribution >= 4 is 23.2 Å². The Morgan fingerprint density at radius 3 is 2.77 bits per heavy atom. The Labute approximate surface area is 157 Å². The highest BCUT2D eigenvalue weighted by molar-refractivity contribution is 7.13. The van der Waals surface area contributed by atoms with E-state index < -0.39 is 5.97 Å². The zero-order chi connectivity index (χ0) is 18.5. The SMILES string of the molecule is C[C@@H]1CCC[C@H](C)N1C(=O)COC(=O)Cc1csc(-c2cccnc2)n1. The third-order valence-electron chi connectivity index (χ3n) is 4.62. The van der Waals surface area contributed by atoms with Crippen molar-refractivity contribution in [3.8, 4) is 10.6 Å². The lowest BCUT2D eigenvalue weighted by molar-refractivity contribution is -0.154. The maximum Gasteiger partial charge on any atom is 0.312 e. The van der Waals surface area contributed by atoms with Gasteiger partial charge in [-0.2, -0.15) is 0 Å². The molecule has 2 aromatic rings. The van der Waals surface area contributed by atoms with Gasteiger partial charge in [0.15, 0.2) is 6.61 Å². The average Bonchev–Trinajstić information content (AvgIpc) is 3.09. The largest absolute Gasteiger partial charge is 0.455 e. The first kappa shape index (κ1) is 18.5. The minimum absolute atomic E-state index is 0.0646. The highest BCUT2D eigenvalue weighted by atomic mass is 32.1. The first-order chi connectivity index (χ1) is 12.5. The van der Waals surface area contributed by atoms with Crippen LogP contribution in [0.4, 0.5) is 0 Å². The number of carbonyl (C=O) groups is 2. The summed E-state index contributed by atoms with van der Waals surface area (Å²) in [4.78, 5) is 34.8. The fourth-order valence-electron chi connectivity index (χ4n) is 3.34. The molecule has 138 valence electrons. The van der Waals surface area contributed by atoms with Gasteiger partial charge in [0.25, 0.3) is 5.91 Å². The van der Waals surface area contributed by atoms with Crippen LogP contribution in [-0.2, 0) is 20.7 Å². The highest BCUT2D eigenvalue weighted by Gasteiger charge is 2.29. The molecule has 1 saturated heterocycles. The van der Waals surface area contributed by atoms with Crippen molar-refractivity contribution in [1.29, 1.82) is 0 Å². The van der Waals surface area contributed by atoms with Gasteiger partial charge in [0.1, 0.15) is 5.01 Å². The summed E-state index contributed by atoms with van der Waals surface area (Å²) in [5, 5.41) is 2.65. The predicted octanol–water partition coefficient (Wildman–Crippen LogP) is 3.08. The number of hydrogen-bond donors (Lipinski definition) is 0. The second-order valence-electron chi connectivity index (χ2n) is 6.65. The Hall–Kier alpha value is -2.28. The molecule has 0 unspecified atom stereocenters. The Morgan fingerprint density at radius 2 is 2.08 bits per heavy atom. The van der Waals surface area contributed by atoms with E-state index in [1.54, 1.807) is 12.4 Å². The highest BCUT2D eigenvalue weighted by Crippen LogP contribution is 2.24. The number of pyridine rings is 1. The summed E-state index contributed by atoms with van der Waals surface area (Å²) in [7, 11) is 0. The molecule has 3 rings (SSSR count). The van der Waals surface area contributed by atoms with Gasteiger partial charge in [-0.1, -0.05) is 0 Å². The molecule has 0 spiro atoms. The maximum absolute atomic E-state index is 12.4. The first-order valence-electron chi connectivity index (χ1n) is 8.86. The number of ether oxygens (including phenoxy) is 1. The summed E-state index contributed by atoms with van der Waals surface area (Å²) in [5.41, 5.74) is 1.56. The van der Waals surface area contributed by atoms with E-state index in [4.69, 9.17) is 4.74 Å². The van der Waals surface area contributed by atoms with Gasteiger partial charge < -0.3 is 9.64 Å². The summed E-state index contributed by atoms with van der Waals surface area (Å²) < 4.78 is 5.19. The van der Waals surface area contributed by atoms with E-state index in [2.05, 4.69) is 9.97 Å². The topological polar surface area (TPSA) is 72.4 Å². The van der Waals surface area contributed by atoms with E-state index in [9.17, 15) is 9.59 Å². The molecule has 26 heavy (non-hydrogen) atoms. The van der Waals surface area contributed by atoms with Crippen molar-refractivity contribution < 1.29 is 14.3 Å². The summed E-state index contributed by atoms with van der Waals surface area (Å²) in [6.45, 7) is 3.89. The van der Waals surface area contributed by atoms with Crippen molar-refractivity contribution in [3.63, 3.8) is 0 Å². The van der Waals surface area contributed by atoms with E-state index >= 15 is 0 Å². The second kappa shape index (κ2) is 8.40. The normalized spacial score (nSPS) is 20.0. The van der Waals surface area contributed by atoms with Gasteiger partial charge in [0, 0.05) is 35.4 Å². The monoisotopic (exact) mass is 373 g/mol. The van der Waals surface area contributed by atoms with E-state index in [1.807, 2.05) is 36.3 Å². The number of amides is 1. The van der Waals surface area contributed by atoms with Gasteiger partial charge in [-0.25, -0.2) is 4.98 Å². The van der Waals surface area contributed by atoms with Crippen molar-refractivity contribution in [2.45, 2.75) is 51.6 Å². The van der Waals surface area contributed by atoms with Crippen LogP contribution in [0.3, 0.4) is 0 Å². The number of nitrogens with zero attached hydrogens (tertiary/aromatic N) is 3. The zero-order valence-corrected chi connectivity index (χ0v) is 15.9. The molecule has 0 aliphatic carbocycles. The van der Waals surface area contributed by atoms with E-state index in [-0.39, 0.29) is 31.0 Å². The summed E-state index contributed by atoms with van der Waals surface area (Å²) in [6.07, 6.45) is 6.64. The van der Waals surface area contributed by atoms with Gasteiger partial charge >= 0.3 is 5.97 Å². The van der Waals surface area contributed by atoms with Gasteiger partial charge in [-0.05, 0) is 45.2 Å². The molecule has 1 amide bonds. The van der Waals surface area contributed by atoms with Crippen LogP contribution in [-0.4, -0.2) is 45.4 Å². The smallest absolute Gasteiger partial charge is 0.312 e. The average molecular weight is 373 g/mol. The van der Waals surface area contributed by atoms with Crippen molar-refractivity contribution in [2.75, 3.05) is 6.61 Å². The van der Waals surface area contributed by atoms with Crippen LogP contribution in [0.5, 0.6) is 0 Å². The lowest BCUT2D eigenvalue weighted by Gasteiger charge is -2.38. The summed E-state index contributed by atoms with van der Waals surface area (Å²) >= 11 is 1.46. The van der Waals surface area contributed by atoms with Crippen LogP contribution in [0, 0.1) is 0 Å². The number of carbonyl (C=O) groups excluding carboxylic acids is 2. The van der Waals surface area contributed by atoms with Crippen LogP contribution in [0.25, 0.3) is 10.6 Å². The molecule has 1 aliphatic heterocycles. The van der Waals surface area contributed by atoms with Crippen LogP contribution in [0.1, 0.15) is 38.8 Å². The number of rotatable bonds is 5. The van der Waals surface area contributed by atoms with Crippen molar-refractivity contribution in [1.82, 2.24) is 14.9 Å². The molecule has 0 saturated carbocycles. The van der Waals surface area contributed by atoms with Crippen LogP contribution in [0.2, 0.25) is 0 Å². The van der Waals surface area contributed by atoms with Gasteiger partial charge in [-0.15, -0.1) is 11.3 Å². The summed E-state index contributed by atoms with van der Waals surface area (Å²) in [5.74, 6) is -0.550. The molecule has 7 heteroatoms. The molecular formula is C19H23N3O3S. The number of esters is 1. The van der Waals surface area contributed by atoms with E-state index in [0.29, 0.717) is 5.69 Å². The standard InChI is InChI=1S/C19H23N3O3S/c1-13-5-3-6-14(2)22(13)17(23)11-25-18(24)9-16-12-26-19(21-16)15-7-4-8-20-10-15/h4,7-8,10,12-14H,3,5-6,9,11H2,1-2H3/t13-,14+. The molecule has 2 aromatic heterocycles. The van der Waals surface area contributed by atoms with E-state index in [0.717, 1.165) is 29.8 Å². The predicted molar refractivity (Wildman–Crippen MR) is 99.6 cm³/mol. The van der Waals surface area contributed by atoms with Crippen molar-refractivity contribution in [2.24, 2.45) is 0 Å². The fourth-order valence-corrected chi connectivity index (χ4v) is 4.15. The summed E-state index contributed by atoms with van der Waals surface area (Å²) in [6, 6.07) is 4.17. The lowest BCUT2D eigenvalue weighted by Crippen LogP contribution is -2.49. The molecule has 3 heterocycles. The Bertz CT molecular complexity index is 752. The number of piperidine rings is 1. The van der Waals surface area contributed by atoms with Crippen LogP contribution in [0.15, 0.2) is 29.9 Å². The fraction of sp³-hybridized carbons (Fsp3) is 0.474. The Morgan fingerprint density at radius 1 is 1.31 bits per heavy atom. The minimum atomic E-state index is -0.432. The van der Waals surface area contributed by atoms with Gasteiger partial charge in [0.2, 0.25) is 0 Å². The molecule has 0 N–H and O–H groups in total. The molecule has 0 bridgehead atoms. The molecule has 0 aromatic carbocycles. The quantitative estimate of drug-likeness (QED) is 0.753. The zero-order valence-electron chi connectivity index (χ0n) is 15.1. The van der Waals surface area contributed by atoms with Crippen LogP contribution < -0.4 is 0 Å². The van der Waals surface area contributed by atoms with Crippen molar-refractivity contribution in [3.05, 3.63) is 35.6 Å². The third-order valence-corrected chi connectivity index (χ3v) is 5.56. The minimum Gasteiger partial charge on any atom is -0.455 e. The Kier molecular flexibility index (Phi) is 5.98. The molecule has 2 atom stereocenters. The Balaban J connectivity index is 1.51. The van der Waals surface area contributed by atoms with Gasteiger partial charge in [0.05, 0.1) is 12.1 Å². The van der Waals surface area contributed by atoms with E-state index in [1.165, 1.54) is 11.3 Å². The number of aromatic nitrogens is 2. The molecular weight excluding hydrogens is 350 g/mol. The molecule has 6 nitrogen and oxygen atoms in total. The second-order valence-corrected chi connectivity index (χ2v) is 7.51. The van der Waals surface area contributed by atoms with Crippen LogP contribution >= 0.6 is 11.3 Å².